The monoisotopic (exact) mass is 319 g/mol. The molecular formula is C14H19F2NO3S. The van der Waals surface area contributed by atoms with Gasteiger partial charge < -0.3 is 14.4 Å². The van der Waals surface area contributed by atoms with Crippen LogP contribution >= 0.6 is 11.8 Å². The van der Waals surface area contributed by atoms with Crippen LogP contribution in [0.2, 0.25) is 0 Å². The number of rotatable bonds is 8. The average Bonchev–Trinajstić information content (AvgIpc) is 2.87. The highest BCUT2D eigenvalue weighted by atomic mass is 32.2. The second-order valence-electron chi connectivity index (χ2n) is 5.00. The lowest BCUT2D eigenvalue weighted by atomic mass is 9.91. The molecule has 0 saturated heterocycles. The summed E-state index contributed by atoms with van der Waals surface area (Å²) in [6, 6.07) is 3.30. The Hall–Kier alpha value is -1.08. The number of aliphatic hydroxyl groups excluding tert-OH is 1. The average molecular weight is 319 g/mol. The van der Waals surface area contributed by atoms with E-state index in [4.69, 9.17) is 9.52 Å². The second kappa shape index (κ2) is 7.79. The Kier molecular flexibility index (Phi) is 6.05. The molecule has 1 heterocycles. The van der Waals surface area contributed by atoms with Gasteiger partial charge in [0.25, 0.3) is 11.7 Å². The van der Waals surface area contributed by atoms with E-state index < -0.39 is 5.76 Å². The van der Waals surface area contributed by atoms with Crippen LogP contribution in [0.5, 0.6) is 0 Å². The number of nitrogens with zero attached hydrogens (tertiary/aromatic N) is 1. The lowest BCUT2D eigenvalue weighted by Crippen LogP contribution is -2.44. The van der Waals surface area contributed by atoms with Gasteiger partial charge in [-0.1, -0.05) is 11.8 Å². The Labute approximate surface area is 126 Å². The van der Waals surface area contributed by atoms with Gasteiger partial charge >= 0.3 is 0 Å². The molecule has 0 bridgehead atoms. The first-order chi connectivity index (χ1) is 10.1. The van der Waals surface area contributed by atoms with Crippen molar-refractivity contribution >= 4 is 17.7 Å². The van der Waals surface area contributed by atoms with Gasteiger partial charge in [0.2, 0.25) is 0 Å². The molecule has 0 aromatic carbocycles. The molecule has 21 heavy (non-hydrogen) atoms. The van der Waals surface area contributed by atoms with E-state index in [0.717, 1.165) is 19.3 Å². The summed E-state index contributed by atoms with van der Waals surface area (Å²) in [7, 11) is 0. The van der Waals surface area contributed by atoms with Gasteiger partial charge in [-0.05, 0) is 37.8 Å². The maximum atomic E-state index is 12.4. The third-order valence-electron chi connectivity index (χ3n) is 3.56. The fourth-order valence-corrected chi connectivity index (χ4v) is 2.69. The van der Waals surface area contributed by atoms with Crippen LogP contribution in [0.1, 0.15) is 42.0 Å². The molecule has 118 valence electrons. The van der Waals surface area contributed by atoms with E-state index >= 15 is 0 Å². The Morgan fingerprint density at radius 2 is 2.24 bits per heavy atom. The van der Waals surface area contributed by atoms with E-state index in [2.05, 4.69) is 0 Å². The number of alkyl halides is 2. The van der Waals surface area contributed by atoms with E-state index in [1.165, 1.54) is 6.07 Å². The molecule has 0 radical (unpaired) electrons. The summed E-state index contributed by atoms with van der Waals surface area (Å²) >= 11 is 0.469. The molecule has 0 atom stereocenters. The van der Waals surface area contributed by atoms with Crippen LogP contribution in [0.15, 0.2) is 16.5 Å². The normalized spacial score (nSPS) is 15.2. The molecule has 1 aromatic heterocycles. The fourth-order valence-electron chi connectivity index (χ4n) is 2.25. The van der Waals surface area contributed by atoms with E-state index in [1.807, 2.05) is 0 Å². The molecule has 0 spiro atoms. The predicted octanol–water partition coefficient (Wildman–Crippen LogP) is 3.11. The molecule has 1 N–H and O–H groups in total. The van der Waals surface area contributed by atoms with Crippen molar-refractivity contribution in [2.45, 2.75) is 43.2 Å². The Morgan fingerprint density at radius 1 is 1.48 bits per heavy atom. The molecule has 7 heteroatoms. The molecule has 0 unspecified atom stereocenters. The number of thioether (sulfide) groups is 1. The predicted molar refractivity (Wildman–Crippen MR) is 76.4 cm³/mol. The Bertz CT molecular complexity index is 463. The summed E-state index contributed by atoms with van der Waals surface area (Å²) < 4.78 is 29.6. The Balaban J connectivity index is 1.98. The number of halogens is 2. The van der Waals surface area contributed by atoms with Gasteiger partial charge in [-0.2, -0.15) is 8.78 Å². The number of furan rings is 1. The van der Waals surface area contributed by atoms with Crippen molar-refractivity contribution in [1.82, 2.24) is 4.90 Å². The summed E-state index contributed by atoms with van der Waals surface area (Å²) in [6.45, 7) is 0.521. The highest BCUT2D eigenvalue weighted by Crippen LogP contribution is 2.27. The lowest BCUT2D eigenvalue weighted by molar-refractivity contribution is 0.0529. The molecule has 2 rings (SSSR count). The fraction of sp³-hybridized carbons (Fsp3) is 0.643. The number of aliphatic hydroxyl groups is 1. The highest BCUT2D eigenvalue weighted by molar-refractivity contribution is 7.98. The topological polar surface area (TPSA) is 53.7 Å². The zero-order valence-electron chi connectivity index (χ0n) is 11.6. The van der Waals surface area contributed by atoms with E-state index in [-0.39, 0.29) is 30.1 Å². The summed E-state index contributed by atoms with van der Waals surface area (Å²) in [5, 5.41) is 8.93. The molecule has 1 saturated carbocycles. The number of carbonyl (C=O) groups is 1. The molecule has 1 fully saturated rings. The zero-order chi connectivity index (χ0) is 15.2. The molecule has 1 aliphatic rings. The van der Waals surface area contributed by atoms with Crippen LogP contribution in [-0.2, 0) is 5.75 Å². The van der Waals surface area contributed by atoms with Crippen molar-refractivity contribution in [3.63, 3.8) is 0 Å². The lowest BCUT2D eigenvalue weighted by Gasteiger charge is -2.37. The van der Waals surface area contributed by atoms with Crippen molar-refractivity contribution in [1.29, 1.82) is 0 Å². The standard InChI is InChI=1S/C14H19F2NO3S/c15-14(16)21-9-11-5-6-12(20-11)13(19)17(7-2-8-18)10-3-1-4-10/h5-6,10,14,18H,1-4,7-9H2. The molecular weight excluding hydrogens is 300 g/mol. The van der Waals surface area contributed by atoms with Gasteiger partial charge in [0.1, 0.15) is 5.76 Å². The van der Waals surface area contributed by atoms with Crippen molar-refractivity contribution in [2.75, 3.05) is 13.2 Å². The quantitative estimate of drug-likeness (QED) is 0.800. The van der Waals surface area contributed by atoms with Crippen molar-refractivity contribution in [3.8, 4) is 0 Å². The molecule has 1 amide bonds. The third kappa shape index (κ3) is 4.44. The summed E-state index contributed by atoms with van der Waals surface area (Å²) in [5.41, 5.74) is 0. The summed E-state index contributed by atoms with van der Waals surface area (Å²) in [5.74, 6) is -2.07. The van der Waals surface area contributed by atoms with Gasteiger partial charge in [-0.3, -0.25) is 4.79 Å². The highest BCUT2D eigenvalue weighted by Gasteiger charge is 2.30. The number of hydrogen-bond donors (Lipinski definition) is 1. The van der Waals surface area contributed by atoms with E-state index in [0.29, 0.717) is 30.5 Å². The molecule has 1 aliphatic carbocycles. The van der Waals surface area contributed by atoms with Crippen LogP contribution in [0.25, 0.3) is 0 Å². The number of amides is 1. The van der Waals surface area contributed by atoms with Gasteiger partial charge in [-0.25, -0.2) is 0 Å². The first-order valence-electron chi connectivity index (χ1n) is 7.02. The number of carbonyl (C=O) groups excluding carboxylic acids is 1. The minimum absolute atomic E-state index is 0.0327. The van der Waals surface area contributed by atoms with Crippen molar-refractivity contribution in [3.05, 3.63) is 23.7 Å². The van der Waals surface area contributed by atoms with Gasteiger partial charge in [0, 0.05) is 19.2 Å². The molecule has 4 nitrogen and oxygen atoms in total. The summed E-state index contributed by atoms with van der Waals surface area (Å²) in [4.78, 5) is 14.2. The van der Waals surface area contributed by atoms with Crippen LogP contribution in [0.4, 0.5) is 8.78 Å². The van der Waals surface area contributed by atoms with Crippen molar-refractivity contribution in [2.24, 2.45) is 0 Å². The smallest absolute Gasteiger partial charge is 0.289 e. The first-order valence-corrected chi connectivity index (χ1v) is 8.07. The minimum Gasteiger partial charge on any atom is -0.455 e. The van der Waals surface area contributed by atoms with Gasteiger partial charge in [0.05, 0.1) is 5.75 Å². The van der Waals surface area contributed by atoms with E-state index in [1.54, 1.807) is 11.0 Å². The third-order valence-corrected chi connectivity index (χ3v) is 4.26. The first kappa shape index (κ1) is 16.3. The molecule has 0 aliphatic heterocycles. The maximum absolute atomic E-state index is 12.4. The van der Waals surface area contributed by atoms with Crippen molar-refractivity contribution < 1.29 is 23.1 Å². The minimum atomic E-state index is -2.45. The zero-order valence-corrected chi connectivity index (χ0v) is 12.5. The molecule has 1 aromatic rings. The SMILES string of the molecule is O=C(c1ccc(CSC(F)F)o1)N(CCCO)C1CCC1. The van der Waals surface area contributed by atoms with Crippen LogP contribution in [0, 0.1) is 0 Å². The summed E-state index contributed by atoms with van der Waals surface area (Å²) in [6.07, 6.45) is 3.55. The number of hydrogen-bond acceptors (Lipinski definition) is 4. The Morgan fingerprint density at radius 3 is 2.81 bits per heavy atom. The van der Waals surface area contributed by atoms with Crippen LogP contribution < -0.4 is 0 Å². The van der Waals surface area contributed by atoms with E-state index in [9.17, 15) is 13.6 Å². The largest absolute Gasteiger partial charge is 0.455 e. The van der Waals surface area contributed by atoms with Crippen LogP contribution in [0.3, 0.4) is 0 Å². The second-order valence-corrected chi connectivity index (χ2v) is 5.98. The van der Waals surface area contributed by atoms with Gasteiger partial charge in [0.15, 0.2) is 5.76 Å². The maximum Gasteiger partial charge on any atom is 0.289 e. The van der Waals surface area contributed by atoms with Gasteiger partial charge in [-0.15, -0.1) is 0 Å². The van der Waals surface area contributed by atoms with Crippen LogP contribution in [-0.4, -0.2) is 40.9 Å².